The predicted molar refractivity (Wildman–Crippen MR) is 152 cm³/mol. The summed E-state index contributed by atoms with van der Waals surface area (Å²) in [5, 5.41) is 18.1. The Balaban J connectivity index is 1.60. The average Bonchev–Trinajstić information content (AvgIpc) is 3.33. The lowest BCUT2D eigenvalue weighted by Crippen LogP contribution is -2.59. The number of imidazole rings is 1. The number of nitrogens with two attached hydrogens (primary N) is 1. The topological polar surface area (TPSA) is 160 Å². The van der Waals surface area contributed by atoms with Gasteiger partial charge in [-0.2, -0.15) is 0 Å². The van der Waals surface area contributed by atoms with Gasteiger partial charge < -0.3 is 25.7 Å². The molecule has 212 valence electrons. The van der Waals surface area contributed by atoms with Crippen LogP contribution in [0.2, 0.25) is 0 Å². The van der Waals surface area contributed by atoms with Crippen molar-refractivity contribution in [2.24, 2.45) is 5.73 Å². The Morgan fingerprint density at radius 2 is 1.90 bits per heavy atom. The van der Waals surface area contributed by atoms with Gasteiger partial charge in [0.25, 0.3) is 0 Å². The molecule has 11 heteroatoms. The summed E-state index contributed by atoms with van der Waals surface area (Å²) in [6.45, 7) is 1.39. The van der Waals surface area contributed by atoms with Gasteiger partial charge in [-0.3, -0.25) is 25.3 Å². The lowest BCUT2D eigenvalue weighted by molar-refractivity contribution is -0.150. The van der Waals surface area contributed by atoms with Gasteiger partial charge in [-0.15, -0.1) is 0 Å². The second kappa shape index (κ2) is 12.1. The third-order valence-corrected chi connectivity index (χ3v) is 8.11. The molecule has 40 heavy (non-hydrogen) atoms. The minimum Gasteiger partial charge on any atom is -0.468 e. The molecule has 2 aliphatic rings. The first-order chi connectivity index (χ1) is 19.4. The fourth-order valence-electron chi connectivity index (χ4n) is 5.95. The highest BCUT2D eigenvalue weighted by Gasteiger charge is 2.43. The SMILES string of the molecule is COC(=O)C1(NC(c2ccncc2)c2nc3cc(C(=N)N)ccc3n2CC(=O)NC2CCCCC2)CCNCC1. The third kappa shape index (κ3) is 5.85. The summed E-state index contributed by atoms with van der Waals surface area (Å²) in [5.41, 5.74) is 7.61. The fourth-order valence-corrected chi connectivity index (χ4v) is 5.95. The fraction of sp³-hybridized carbons (Fsp3) is 0.483. The van der Waals surface area contributed by atoms with Crippen molar-refractivity contribution in [1.82, 2.24) is 30.5 Å². The number of nitrogen functional groups attached to an aromatic ring is 1. The van der Waals surface area contributed by atoms with E-state index in [-0.39, 0.29) is 30.3 Å². The van der Waals surface area contributed by atoms with Gasteiger partial charge >= 0.3 is 5.97 Å². The second-order valence-electron chi connectivity index (χ2n) is 10.8. The highest BCUT2D eigenvalue weighted by atomic mass is 16.5. The van der Waals surface area contributed by atoms with E-state index in [0.29, 0.717) is 42.8 Å². The third-order valence-electron chi connectivity index (χ3n) is 8.11. The first-order valence-electron chi connectivity index (χ1n) is 14.0. The van der Waals surface area contributed by atoms with E-state index < -0.39 is 11.6 Å². The molecule has 5 rings (SSSR count). The van der Waals surface area contributed by atoms with Crippen molar-refractivity contribution in [3.05, 3.63) is 59.7 Å². The maximum Gasteiger partial charge on any atom is 0.326 e. The number of benzene rings is 1. The van der Waals surface area contributed by atoms with Crippen molar-refractivity contribution >= 4 is 28.7 Å². The summed E-state index contributed by atoms with van der Waals surface area (Å²) in [5.74, 6) is 0.115. The summed E-state index contributed by atoms with van der Waals surface area (Å²) in [7, 11) is 1.41. The van der Waals surface area contributed by atoms with Gasteiger partial charge in [-0.1, -0.05) is 19.3 Å². The number of ether oxygens (including phenoxy) is 1. The zero-order valence-electron chi connectivity index (χ0n) is 22.9. The number of esters is 1. The molecule has 2 aromatic heterocycles. The number of carbonyl (C=O) groups is 2. The zero-order chi connectivity index (χ0) is 28.1. The number of pyridine rings is 1. The normalized spacial score (nSPS) is 18.2. The molecular weight excluding hydrogens is 508 g/mol. The van der Waals surface area contributed by atoms with Crippen LogP contribution in [0.1, 0.15) is 67.9 Å². The maximum absolute atomic E-state index is 13.4. The molecule has 1 saturated carbocycles. The highest BCUT2D eigenvalue weighted by molar-refractivity contribution is 5.98. The van der Waals surface area contributed by atoms with E-state index in [0.717, 1.165) is 36.8 Å². The number of fused-ring (bicyclic) bond motifs is 1. The van der Waals surface area contributed by atoms with E-state index in [9.17, 15) is 9.59 Å². The zero-order valence-corrected chi connectivity index (χ0v) is 22.9. The van der Waals surface area contributed by atoms with Crippen molar-refractivity contribution in [2.75, 3.05) is 20.2 Å². The van der Waals surface area contributed by atoms with Crippen molar-refractivity contribution < 1.29 is 14.3 Å². The second-order valence-corrected chi connectivity index (χ2v) is 10.8. The molecule has 6 N–H and O–H groups in total. The molecule has 1 saturated heterocycles. The van der Waals surface area contributed by atoms with Gasteiger partial charge in [0.1, 0.15) is 23.7 Å². The highest BCUT2D eigenvalue weighted by Crippen LogP contribution is 2.32. The molecule has 1 atom stereocenters. The first-order valence-corrected chi connectivity index (χ1v) is 14.0. The number of hydrogen-bond donors (Lipinski definition) is 5. The summed E-state index contributed by atoms with van der Waals surface area (Å²) in [6.07, 6.45) is 9.91. The van der Waals surface area contributed by atoms with E-state index in [1.165, 1.54) is 13.5 Å². The first kappa shape index (κ1) is 27.7. The van der Waals surface area contributed by atoms with Crippen molar-refractivity contribution in [3.63, 3.8) is 0 Å². The van der Waals surface area contributed by atoms with E-state index in [1.807, 2.05) is 22.8 Å². The van der Waals surface area contributed by atoms with Crippen LogP contribution in [-0.2, 0) is 20.9 Å². The van der Waals surface area contributed by atoms with Crippen LogP contribution in [-0.4, -0.2) is 64.0 Å². The van der Waals surface area contributed by atoms with E-state index in [4.69, 9.17) is 20.9 Å². The van der Waals surface area contributed by atoms with Gasteiger partial charge in [-0.05, 0) is 74.7 Å². The van der Waals surface area contributed by atoms with Crippen molar-refractivity contribution in [3.8, 4) is 0 Å². The van der Waals surface area contributed by atoms with Crippen LogP contribution in [0.5, 0.6) is 0 Å². The predicted octanol–water partition coefficient (Wildman–Crippen LogP) is 2.14. The molecule has 11 nitrogen and oxygen atoms in total. The number of piperidine rings is 1. The van der Waals surface area contributed by atoms with Crippen LogP contribution < -0.4 is 21.7 Å². The Morgan fingerprint density at radius 1 is 1.18 bits per heavy atom. The molecule has 1 amide bonds. The molecule has 0 radical (unpaired) electrons. The minimum absolute atomic E-state index is 0.0591. The van der Waals surface area contributed by atoms with Gasteiger partial charge in [-0.25, -0.2) is 4.98 Å². The quantitative estimate of drug-likeness (QED) is 0.155. The number of carbonyl (C=O) groups excluding carboxylic acids is 2. The van der Waals surface area contributed by atoms with E-state index >= 15 is 0 Å². The molecule has 1 aliphatic heterocycles. The Labute approximate surface area is 233 Å². The molecule has 0 bridgehead atoms. The average molecular weight is 547 g/mol. The Hall–Kier alpha value is -3.83. The number of nitrogens with one attached hydrogen (secondary N) is 4. The van der Waals surface area contributed by atoms with Crippen LogP contribution in [0.25, 0.3) is 11.0 Å². The number of nitrogens with zero attached hydrogens (tertiary/aromatic N) is 3. The van der Waals surface area contributed by atoms with Crippen molar-refractivity contribution in [2.45, 2.75) is 69.1 Å². The molecular formula is C29H38N8O3. The summed E-state index contributed by atoms with van der Waals surface area (Å²) in [4.78, 5) is 35.8. The van der Waals surface area contributed by atoms with Crippen LogP contribution >= 0.6 is 0 Å². The van der Waals surface area contributed by atoms with Crippen LogP contribution in [0.3, 0.4) is 0 Å². The Kier molecular flexibility index (Phi) is 8.41. The number of aromatic nitrogens is 3. The Bertz CT molecular complexity index is 1360. The summed E-state index contributed by atoms with van der Waals surface area (Å²) < 4.78 is 7.18. The molecule has 1 unspecified atom stereocenters. The molecule has 3 aromatic rings. The smallest absolute Gasteiger partial charge is 0.326 e. The van der Waals surface area contributed by atoms with Gasteiger partial charge in [0.2, 0.25) is 5.91 Å². The van der Waals surface area contributed by atoms with Gasteiger partial charge in [0.05, 0.1) is 24.2 Å². The van der Waals surface area contributed by atoms with Crippen LogP contribution in [0.15, 0.2) is 42.7 Å². The van der Waals surface area contributed by atoms with E-state index in [1.54, 1.807) is 24.5 Å². The number of hydrogen-bond acceptors (Lipinski definition) is 8. The van der Waals surface area contributed by atoms with Crippen LogP contribution in [0, 0.1) is 5.41 Å². The minimum atomic E-state index is -0.939. The molecule has 0 spiro atoms. The monoisotopic (exact) mass is 546 g/mol. The number of amidine groups is 1. The number of rotatable bonds is 9. The van der Waals surface area contributed by atoms with Gasteiger partial charge in [0, 0.05) is 24.0 Å². The molecule has 2 fully saturated rings. The molecule has 1 aliphatic carbocycles. The maximum atomic E-state index is 13.4. The number of amides is 1. The van der Waals surface area contributed by atoms with E-state index in [2.05, 4.69) is 20.9 Å². The molecule has 3 heterocycles. The van der Waals surface area contributed by atoms with Gasteiger partial charge in [0.15, 0.2) is 0 Å². The largest absolute Gasteiger partial charge is 0.468 e. The lowest BCUT2D eigenvalue weighted by Gasteiger charge is -2.38. The van der Waals surface area contributed by atoms with Crippen molar-refractivity contribution in [1.29, 1.82) is 5.41 Å². The summed E-state index contributed by atoms with van der Waals surface area (Å²) >= 11 is 0. The standard InChI is InChI=1S/C29H38N8O3/c1-40-28(39)29(11-15-33-16-12-29)36-25(19-9-13-32-14-10-19)27-35-22-17-20(26(30)31)7-8-23(22)37(27)18-24(38)34-21-5-3-2-4-6-21/h7-10,13-14,17,21,25,33,36H,2-6,11-12,15-16,18H2,1H3,(H3,30,31)(H,34,38). The number of methoxy groups -OCH3 is 1. The Morgan fingerprint density at radius 3 is 2.58 bits per heavy atom. The lowest BCUT2D eigenvalue weighted by atomic mass is 9.86. The van der Waals surface area contributed by atoms with Crippen LogP contribution in [0.4, 0.5) is 0 Å². The molecule has 1 aromatic carbocycles. The summed E-state index contributed by atoms with van der Waals surface area (Å²) in [6, 6.07) is 8.78.